The minimum absolute atomic E-state index is 0.0649. The third kappa shape index (κ3) is 2.34. The molecule has 13 heavy (non-hydrogen) atoms. The van der Waals surface area contributed by atoms with Crippen molar-refractivity contribution in [3.05, 3.63) is 32.9 Å². The molecule has 0 bridgehead atoms. The Balaban J connectivity index is 3.24. The van der Waals surface area contributed by atoms with Crippen LogP contribution in [0.1, 0.15) is 11.1 Å². The predicted molar refractivity (Wildman–Crippen MR) is 50.1 cm³/mol. The summed E-state index contributed by atoms with van der Waals surface area (Å²) in [5, 5.41) is 8.74. The topological polar surface area (TPSA) is 20.2 Å². The Labute approximate surface area is 86.7 Å². The molecule has 0 aromatic heterocycles. The summed E-state index contributed by atoms with van der Waals surface area (Å²) >= 11 is 1.59. The van der Waals surface area contributed by atoms with Crippen molar-refractivity contribution in [1.29, 1.82) is 0 Å². The first-order valence-corrected chi connectivity index (χ1v) is 4.50. The Morgan fingerprint density at radius 1 is 1.31 bits per heavy atom. The van der Waals surface area contributed by atoms with E-state index in [4.69, 9.17) is 5.11 Å². The smallest absolute Gasteiger partial charge is 0.392 e. The number of alkyl halides is 3. The fraction of sp³-hybridized carbons (Fsp3) is 0.250. The van der Waals surface area contributed by atoms with Gasteiger partial charge in [-0.2, -0.15) is 13.2 Å². The zero-order valence-electron chi connectivity index (χ0n) is 6.40. The van der Waals surface area contributed by atoms with E-state index >= 15 is 0 Å². The van der Waals surface area contributed by atoms with Gasteiger partial charge in [-0.05, 0) is 34.2 Å². The van der Waals surface area contributed by atoms with E-state index in [1.807, 2.05) is 0 Å². The predicted octanol–water partition coefficient (Wildman–Crippen LogP) is 2.80. The van der Waals surface area contributed by atoms with Crippen molar-refractivity contribution in [2.45, 2.75) is 12.8 Å². The summed E-state index contributed by atoms with van der Waals surface area (Å²) in [6.45, 7) is -0.373. The van der Waals surface area contributed by atoms with Gasteiger partial charge < -0.3 is 5.11 Å². The van der Waals surface area contributed by atoms with E-state index in [1.165, 1.54) is 12.1 Å². The second kappa shape index (κ2) is 3.83. The van der Waals surface area contributed by atoms with Crippen LogP contribution in [0.5, 0.6) is 0 Å². The van der Waals surface area contributed by atoms with Crippen LogP contribution < -0.4 is 0 Å². The third-order valence-corrected chi connectivity index (χ3v) is 2.83. The van der Waals surface area contributed by atoms with Gasteiger partial charge >= 0.3 is 6.18 Å². The van der Waals surface area contributed by atoms with Crippen LogP contribution in [-0.4, -0.2) is 5.11 Å². The molecular formula is C8H6F3IO. The first kappa shape index (κ1) is 10.8. The normalized spacial score (nSPS) is 11.8. The Hall–Kier alpha value is -0.300. The zero-order chi connectivity index (χ0) is 10.1. The molecule has 5 heteroatoms. The van der Waals surface area contributed by atoms with Gasteiger partial charge in [0.15, 0.2) is 0 Å². The van der Waals surface area contributed by atoms with Gasteiger partial charge in [0, 0.05) is 3.57 Å². The van der Waals surface area contributed by atoms with E-state index < -0.39 is 11.7 Å². The van der Waals surface area contributed by atoms with Crippen molar-refractivity contribution in [2.24, 2.45) is 0 Å². The lowest BCUT2D eigenvalue weighted by Crippen LogP contribution is -2.09. The quantitative estimate of drug-likeness (QED) is 0.791. The zero-order valence-corrected chi connectivity index (χ0v) is 8.56. The fourth-order valence-corrected chi connectivity index (χ4v) is 1.76. The van der Waals surface area contributed by atoms with Crippen molar-refractivity contribution in [2.75, 3.05) is 0 Å². The molecule has 0 amide bonds. The molecule has 1 N–H and O–H groups in total. The molecule has 0 fully saturated rings. The summed E-state index contributed by atoms with van der Waals surface area (Å²) in [6, 6.07) is 3.76. The van der Waals surface area contributed by atoms with E-state index in [1.54, 1.807) is 22.6 Å². The van der Waals surface area contributed by atoms with Crippen LogP contribution in [0.25, 0.3) is 0 Å². The van der Waals surface area contributed by atoms with Crippen molar-refractivity contribution in [1.82, 2.24) is 0 Å². The third-order valence-electron chi connectivity index (χ3n) is 1.55. The maximum absolute atomic E-state index is 12.3. The Kier molecular flexibility index (Phi) is 3.18. The molecular weight excluding hydrogens is 296 g/mol. The molecule has 1 rings (SSSR count). The lowest BCUT2D eigenvalue weighted by atomic mass is 10.1. The molecule has 0 aliphatic rings. The van der Waals surface area contributed by atoms with Gasteiger partial charge in [-0.3, -0.25) is 0 Å². The molecule has 0 unspecified atom stereocenters. The average molecular weight is 302 g/mol. The summed E-state index contributed by atoms with van der Waals surface area (Å²) in [5.41, 5.74) is -0.393. The van der Waals surface area contributed by atoms with Crippen LogP contribution in [0.4, 0.5) is 13.2 Å². The van der Waals surface area contributed by atoms with E-state index in [2.05, 4.69) is 0 Å². The largest absolute Gasteiger partial charge is 0.417 e. The number of aliphatic hydroxyl groups is 1. The SMILES string of the molecule is OCc1cccc(C(F)(F)F)c1I. The molecule has 0 spiro atoms. The van der Waals surface area contributed by atoms with Crippen molar-refractivity contribution < 1.29 is 18.3 Å². The number of aliphatic hydroxyl groups excluding tert-OH is 1. The van der Waals surface area contributed by atoms with Crippen LogP contribution in [-0.2, 0) is 12.8 Å². The molecule has 1 nitrogen and oxygen atoms in total. The van der Waals surface area contributed by atoms with Gasteiger partial charge in [-0.1, -0.05) is 12.1 Å². The number of hydrogen-bond donors (Lipinski definition) is 1. The average Bonchev–Trinajstić information content (AvgIpc) is 2.02. The number of rotatable bonds is 1. The van der Waals surface area contributed by atoms with Gasteiger partial charge in [-0.15, -0.1) is 0 Å². The van der Waals surface area contributed by atoms with Crippen molar-refractivity contribution in [3.8, 4) is 0 Å². The van der Waals surface area contributed by atoms with Gasteiger partial charge in [0.2, 0.25) is 0 Å². The maximum Gasteiger partial charge on any atom is 0.417 e. The summed E-state index contributed by atoms with van der Waals surface area (Å²) in [7, 11) is 0. The lowest BCUT2D eigenvalue weighted by Gasteiger charge is -2.10. The Bertz CT molecular complexity index is 309. The van der Waals surface area contributed by atoms with Crippen LogP contribution in [0.15, 0.2) is 18.2 Å². The van der Waals surface area contributed by atoms with E-state index in [0.29, 0.717) is 5.56 Å². The second-order valence-corrected chi connectivity index (χ2v) is 3.51. The van der Waals surface area contributed by atoms with E-state index in [9.17, 15) is 13.2 Å². The molecule has 0 radical (unpaired) electrons. The Morgan fingerprint density at radius 3 is 2.38 bits per heavy atom. The molecule has 72 valence electrons. The number of halogens is 4. The fourth-order valence-electron chi connectivity index (χ4n) is 0.921. The van der Waals surface area contributed by atoms with Gasteiger partial charge in [0.25, 0.3) is 0 Å². The van der Waals surface area contributed by atoms with Gasteiger partial charge in [0.1, 0.15) is 0 Å². The second-order valence-electron chi connectivity index (χ2n) is 2.43. The highest BCUT2D eigenvalue weighted by molar-refractivity contribution is 14.1. The molecule has 0 saturated heterocycles. The first-order valence-electron chi connectivity index (χ1n) is 3.42. The minimum Gasteiger partial charge on any atom is -0.392 e. The molecule has 1 aromatic rings. The maximum atomic E-state index is 12.3. The molecule has 0 atom stereocenters. The molecule has 0 aliphatic heterocycles. The Morgan fingerprint density at radius 2 is 1.92 bits per heavy atom. The first-order chi connectivity index (χ1) is 5.96. The number of benzene rings is 1. The highest BCUT2D eigenvalue weighted by Crippen LogP contribution is 2.33. The molecule has 0 aliphatic carbocycles. The van der Waals surface area contributed by atoms with Crippen molar-refractivity contribution in [3.63, 3.8) is 0 Å². The number of hydrogen-bond acceptors (Lipinski definition) is 1. The molecule has 1 aromatic carbocycles. The van der Waals surface area contributed by atoms with Crippen LogP contribution in [0, 0.1) is 3.57 Å². The highest BCUT2D eigenvalue weighted by Gasteiger charge is 2.33. The molecule has 0 saturated carbocycles. The monoisotopic (exact) mass is 302 g/mol. The lowest BCUT2D eigenvalue weighted by molar-refractivity contribution is -0.138. The summed E-state index contributed by atoms with van der Waals surface area (Å²) < 4.78 is 36.9. The van der Waals surface area contributed by atoms with Crippen LogP contribution >= 0.6 is 22.6 Å². The van der Waals surface area contributed by atoms with E-state index in [0.717, 1.165) is 6.07 Å². The highest BCUT2D eigenvalue weighted by atomic mass is 127. The van der Waals surface area contributed by atoms with E-state index in [-0.39, 0.29) is 10.2 Å². The summed E-state index contributed by atoms with van der Waals surface area (Å²) in [5.74, 6) is 0. The summed E-state index contributed by atoms with van der Waals surface area (Å²) in [4.78, 5) is 0. The standard InChI is InChI=1S/C8H6F3IO/c9-8(10,11)6-3-1-2-5(4-13)7(6)12/h1-3,13H,4H2. The van der Waals surface area contributed by atoms with Crippen molar-refractivity contribution >= 4 is 22.6 Å². The van der Waals surface area contributed by atoms with Gasteiger partial charge in [0.05, 0.1) is 12.2 Å². The van der Waals surface area contributed by atoms with Crippen LogP contribution in [0.2, 0.25) is 0 Å². The minimum atomic E-state index is -4.35. The van der Waals surface area contributed by atoms with Gasteiger partial charge in [-0.25, -0.2) is 0 Å². The molecule has 0 heterocycles. The van der Waals surface area contributed by atoms with Crippen LogP contribution in [0.3, 0.4) is 0 Å². The summed E-state index contributed by atoms with van der Waals surface area (Å²) in [6.07, 6.45) is -4.35.